The van der Waals surface area contributed by atoms with Crippen LogP contribution in [0, 0.1) is 6.92 Å². The fourth-order valence-electron chi connectivity index (χ4n) is 13.5. The molecule has 2 atom stereocenters. The van der Waals surface area contributed by atoms with Crippen LogP contribution in [0.5, 0.6) is 0 Å². The van der Waals surface area contributed by atoms with E-state index in [9.17, 15) is 0 Å². The Morgan fingerprint density at radius 2 is 1.27 bits per heavy atom. The van der Waals surface area contributed by atoms with Gasteiger partial charge in [-0.1, -0.05) is 122 Å². The quantitative estimate of drug-likeness (QED) is 0.162. The van der Waals surface area contributed by atoms with Crippen LogP contribution >= 0.6 is 0 Å². The van der Waals surface area contributed by atoms with Crippen LogP contribution in [0.25, 0.3) is 60.6 Å². The standard InChI is InChI=1S/C61H56BN3O2/c1-35-29-48-54-49(30-35)64-55-41(57-56(64)40-18-11-13-21-51(40)67-57)31-37(59(5,6)7)33-44(55)62(54)43-25-24-38(34-47(43)63(48)46-19-16-22-52-53(46)39-17-10-12-20-50(39)66-52)65-45-26-23-36(58(2,3)4)32-42(45)60(8)27-14-15-28-61(60,65)9/h10-13,16-26,29-34H,14-15,27-28H2,1-9H3. The summed E-state index contributed by atoms with van der Waals surface area (Å²) in [5.41, 5.74) is 22.7. The Bertz CT molecular complexity index is 3810. The van der Waals surface area contributed by atoms with Gasteiger partial charge in [-0.05, 0) is 143 Å². The van der Waals surface area contributed by atoms with Crippen LogP contribution in [0.4, 0.5) is 28.4 Å². The molecule has 0 saturated heterocycles. The molecule has 67 heavy (non-hydrogen) atoms. The van der Waals surface area contributed by atoms with E-state index in [0.717, 1.165) is 56.1 Å². The van der Waals surface area contributed by atoms with Gasteiger partial charge in [0.15, 0.2) is 5.58 Å². The van der Waals surface area contributed by atoms with Gasteiger partial charge in [-0.3, -0.25) is 0 Å². The van der Waals surface area contributed by atoms with Crippen molar-refractivity contribution in [2.45, 2.75) is 110 Å². The maximum atomic E-state index is 6.94. The van der Waals surface area contributed by atoms with Crippen molar-refractivity contribution in [1.82, 2.24) is 4.57 Å². The molecule has 0 radical (unpaired) electrons. The number of nitrogens with zero attached hydrogens (tertiary/aromatic N) is 3. The van der Waals surface area contributed by atoms with Gasteiger partial charge in [0, 0.05) is 50.0 Å². The zero-order valence-corrected chi connectivity index (χ0v) is 40.2. The summed E-state index contributed by atoms with van der Waals surface area (Å²) in [5, 5.41) is 4.59. The maximum Gasteiger partial charge on any atom is 0.252 e. The number of rotatable bonds is 2. The Morgan fingerprint density at radius 1 is 0.552 bits per heavy atom. The molecule has 0 amide bonds. The van der Waals surface area contributed by atoms with Crippen molar-refractivity contribution in [2.24, 2.45) is 0 Å². The smallest absolute Gasteiger partial charge is 0.252 e. The number of furan rings is 2. The summed E-state index contributed by atoms with van der Waals surface area (Å²) in [6.45, 7) is 21.5. The van der Waals surface area contributed by atoms with Gasteiger partial charge in [0.1, 0.15) is 22.3 Å². The van der Waals surface area contributed by atoms with E-state index >= 15 is 0 Å². The fourth-order valence-corrected chi connectivity index (χ4v) is 13.5. The van der Waals surface area contributed by atoms with Gasteiger partial charge in [-0.2, -0.15) is 0 Å². The second kappa shape index (κ2) is 12.9. The Labute approximate surface area is 393 Å². The molecule has 7 aromatic carbocycles. The van der Waals surface area contributed by atoms with Crippen LogP contribution in [-0.2, 0) is 16.2 Å². The zero-order valence-electron chi connectivity index (χ0n) is 40.2. The topological polar surface area (TPSA) is 37.7 Å². The minimum Gasteiger partial charge on any atom is -0.456 e. The molecule has 3 aromatic heterocycles. The van der Waals surface area contributed by atoms with Crippen molar-refractivity contribution < 1.29 is 8.83 Å². The Morgan fingerprint density at radius 3 is 2.06 bits per heavy atom. The lowest BCUT2D eigenvalue weighted by atomic mass is 9.33. The number of anilines is 5. The molecule has 4 aliphatic rings. The third-order valence-electron chi connectivity index (χ3n) is 17.0. The number of aryl methyl sites for hydroxylation is 1. The molecule has 14 rings (SSSR count). The van der Waals surface area contributed by atoms with Crippen molar-refractivity contribution in [2.75, 3.05) is 9.80 Å². The summed E-state index contributed by atoms with van der Waals surface area (Å²) < 4.78 is 16.2. The highest BCUT2D eigenvalue weighted by Crippen LogP contribution is 2.62. The summed E-state index contributed by atoms with van der Waals surface area (Å²) in [7, 11) is 0. The van der Waals surface area contributed by atoms with Gasteiger partial charge in [0.25, 0.3) is 6.71 Å². The Balaban J connectivity index is 1.11. The number of para-hydroxylation sites is 2. The molecule has 0 spiro atoms. The SMILES string of the molecule is Cc1cc2c3c(c1)-n1c4c(cc(C(C)(C)C)cc4c4oc5ccccc5c41)B3c1ccc(N3c4ccc(C(C)(C)C)cc4C4(C)CCCCC34C)cc1N2c1cccc2oc3ccccc3c12. The highest BCUT2D eigenvalue weighted by Gasteiger charge is 2.58. The van der Waals surface area contributed by atoms with Gasteiger partial charge in [-0.15, -0.1) is 0 Å². The summed E-state index contributed by atoms with van der Waals surface area (Å²) in [6, 6.07) is 48.5. The third-order valence-corrected chi connectivity index (χ3v) is 17.0. The first-order valence-electron chi connectivity index (χ1n) is 24.6. The average Bonchev–Trinajstić information content (AvgIpc) is 4.02. The first kappa shape index (κ1) is 39.5. The van der Waals surface area contributed by atoms with Crippen LogP contribution in [0.15, 0.2) is 136 Å². The molecule has 0 bridgehead atoms. The first-order chi connectivity index (χ1) is 32.1. The van der Waals surface area contributed by atoms with Gasteiger partial charge in [0.05, 0.1) is 22.1 Å². The molecule has 10 aromatic rings. The third kappa shape index (κ3) is 5.01. The van der Waals surface area contributed by atoms with E-state index in [1.807, 2.05) is 0 Å². The highest BCUT2D eigenvalue weighted by atomic mass is 16.3. The van der Waals surface area contributed by atoms with E-state index in [4.69, 9.17) is 8.83 Å². The molecule has 5 nitrogen and oxygen atoms in total. The summed E-state index contributed by atoms with van der Waals surface area (Å²) >= 11 is 0. The molecule has 330 valence electrons. The lowest BCUT2D eigenvalue weighted by Gasteiger charge is -2.50. The van der Waals surface area contributed by atoms with Gasteiger partial charge in [0.2, 0.25) is 0 Å². The predicted octanol–water partition coefficient (Wildman–Crippen LogP) is 14.7. The number of fused-ring (bicyclic) bond motifs is 15. The van der Waals surface area contributed by atoms with Crippen LogP contribution in [0.1, 0.15) is 103 Å². The second-order valence-corrected chi connectivity index (χ2v) is 22.9. The van der Waals surface area contributed by atoms with Gasteiger partial charge < -0.3 is 23.2 Å². The number of aromatic nitrogens is 1. The minimum atomic E-state index is -0.101. The molecule has 1 fully saturated rings. The van der Waals surface area contributed by atoms with E-state index in [0.29, 0.717) is 0 Å². The lowest BCUT2D eigenvalue weighted by molar-refractivity contribution is 0.195. The van der Waals surface area contributed by atoms with E-state index < -0.39 is 0 Å². The van der Waals surface area contributed by atoms with E-state index in [-0.39, 0.29) is 28.5 Å². The highest BCUT2D eigenvalue weighted by molar-refractivity contribution is 7.00. The van der Waals surface area contributed by atoms with Crippen LogP contribution in [-0.4, -0.2) is 16.8 Å². The largest absolute Gasteiger partial charge is 0.456 e. The zero-order chi connectivity index (χ0) is 45.7. The van der Waals surface area contributed by atoms with Crippen LogP contribution < -0.4 is 26.2 Å². The molecular weight excluding hydrogens is 818 g/mol. The molecule has 1 saturated carbocycles. The molecule has 0 N–H and O–H groups in total. The molecule has 6 heterocycles. The van der Waals surface area contributed by atoms with Crippen LogP contribution in [0.3, 0.4) is 0 Å². The number of hydrogen-bond acceptors (Lipinski definition) is 4. The molecule has 2 unspecified atom stereocenters. The fraction of sp³-hybridized carbons (Fsp3) is 0.279. The Kier molecular flexibility index (Phi) is 7.58. The summed E-state index contributed by atoms with van der Waals surface area (Å²) in [4.78, 5) is 5.37. The van der Waals surface area contributed by atoms with Crippen LogP contribution in [0.2, 0.25) is 0 Å². The van der Waals surface area contributed by atoms with Crippen molar-refractivity contribution >= 4 is 106 Å². The monoisotopic (exact) mass is 873 g/mol. The van der Waals surface area contributed by atoms with Gasteiger partial charge >= 0.3 is 0 Å². The summed E-state index contributed by atoms with van der Waals surface area (Å²) in [5.74, 6) is 0. The van der Waals surface area contributed by atoms with Crippen molar-refractivity contribution in [3.63, 3.8) is 0 Å². The summed E-state index contributed by atoms with van der Waals surface area (Å²) in [6.07, 6.45) is 4.81. The molecule has 1 aliphatic carbocycles. The van der Waals surface area contributed by atoms with Crippen molar-refractivity contribution in [1.29, 1.82) is 0 Å². The first-order valence-corrected chi connectivity index (χ1v) is 24.6. The van der Waals surface area contributed by atoms with E-state index in [1.54, 1.807) is 0 Å². The molecule has 6 heteroatoms. The second-order valence-electron chi connectivity index (χ2n) is 22.9. The van der Waals surface area contributed by atoms with Crippen molar-refractivity contribution in [3.8, 4) is 5.69 Å². The van der Waals surface area contributed by atoms with Gasteiger partial charge in [-0.25, -0.2) is 0 Å². The number of hydrogen-bond donors (Lipinski definition) is 0. The maximum absolute atomic E-state index is 6.94. The molecular formula is C61H56BN3O2. The van der Waals surface area contributed by atoms with E-state index in [2.05, 4.69) is 204 Å². The lowest BCUT2D eigenvalue weighted by Crippen LogP contribution is -2.60. The number of benzene rings is 7. The average molecular weight is 874 g/mol. The Hall–Kier alpha value is -6.66. The minimum absolute atomic E-state index is 0.00617. The predicted molar refractivity (Wildman–Crippen MR) is 282 cm³/mol. The molecule has 3 aliphatic heterocycles. The van der Waals surface area contributed by atoms with Crippen molar-refractivity contribution in [3.05, 3.63) is 150 Å². The van der Waals surface area contributed by atoms with E-state index in [1.165, 1.54) is 97.2 Å². The normalized spacial score (nSPS) is 19.8.